The summed E-state index contributed by atoms with van der Waals surface area (Å²) in [7, 11) is 0. The van der Waals surface area contributed by atoms with Crippen LogP contribution in [0.25, 0.3) is 11.0 Å². The number of thiophene rings is 1. The van der Waals surface area contributed by atoms with E-state index in [4.69, 9.17) is 0 Å². The number of rotatable bonds is 0. The van der Waals surface area contributed by atoms with E-state index < -0.39 is 0 Å². The van der Waals surface area contributed by atoms with Gasteiger partial charge in [0.25, 0.3) is 0 Å². The molecule has 2 aromatic rings. The maximum atomic E-state index is 4.36. The molecule has 13 heavy (non-hydrogen) atoms. The Morgan fingerprint density at radius 3 is 2.54 bits per heavy atom. The Morgan fingerprint density at radius 1 is 1.15 bits per heavy atom. The lowest BCUT2D eigenvalue weighted by atomic mass is 9.94. The summed E-state index contributed by atoms with van der Waals surface area (Å²) in [5.74, 6) is 0. The maximum absolute atomic E-state index is 4.36. The fourth-order valence-corrected chi connectivity index (χ4v) is 2.34. The molecule has 0 aliphatic rings. The molecule has 2 nitrogen and oxygen atoms in total. The quantitative estimate of drug-likeness (QED) is 0.641. The van der Waals surface area contributed by atoms with Crippen LogP contribution in [0, 0.1) is 0 Å². The molecule has 0 aliphatic carbocycles. The van der Waals surface area contributed by atoms with Crippen LogP contribution in [0.4, 0.5) is 0 Å². The number of hydrogen-bond acceptors (Lipinski definition) is 3. The highest BCUT2D eigenvalue weighted by atomic mass is 32.1. The van der Waals surface area contributed by atoms with Crippen LogP contribution in [-0.2, 0) is 5.41 Å². The van der Waals surface area contributed by atoms with Gasteiger partial charge in [0, 0.05) is 22.7 Å². The normalized spacial score (nSPS) is 12.2. The van der Waals surface area contributed by atoms with Gasteiger partial charge in [0.15, 0.2) is 0 Å². The minimum Gasteiger partial charge on any atom is -0.252 e. The lowest BCUT2D eigenvalue weighted by Gasteiger charge is -2.15. The van der Waals surface area contributed by atoms with E-state index in [0.717, 1.165) is 11.0 Å². The molecular formula is C10H12N2S. The first-order chi connectivity index (χ1) is 6.09. The molecule has 0 saturated carbocycles. The third-order valence-electron chi connectivity index (χ3n) is 1.91. The molecule has 0 N–H and O–H groups in total. The van der Waals surface area contributed by atoms with Crippen molar-refractivity contribution >= 4 is 22.4 Å². The van der Waals surface area contributed by atoms with E-state index in [2.05, 4.69) is 36.1 Å². The third kappa shape index (κ3) is 1.44. The zero-order valence-corrected chi connectivity index (χ0v) is 8.85. The molecule has 0 bridgehead atoms. The minimum atomic E-state index is 0.169. The van der Waals surface area contributed by atoms with Crippen LogP contribution in [0.5, 0.6) is 0 Å². The Labute approximate surface area is 81.7 Å². The summed E-state index contributed by atoms with van der Waals surface area (Å²) < 4.78 is 0. The van der Waals surface area contributed by atoms with Gasteiger partial charge in [0.1, 0.15) is 5.52 Å². The van der Waals surface area contributed by atoms with Crippen molar-refractivity contribution in [2.45, 2.75) is 26.2 Å². The number of nitrogens with zero attached hydrogens (tertiary/aromatic N) is 2. The van der Waals surface area contributed by atoms with E-state index in [-0.39, 0.29) is 5.41 Å². The third-order valence-corrected chi connectivity index (χ3v) is 3.29. The standard InChI is InChI=1S/C10H12N2S/c1-10(2,3)9-8-7(6-13-9)11-4-5-12-8/h4-6H,1-3H3. The van der Waals surface area contributed by atoms with Gasteiger partial charge in [-0.3, -0.25) is 9.97 Å². The molecule has 0 saturated heterocycles. The van der Waals surface area contributed by atoms with E-state index in [1.807, 2.05) is 0 Å². The molecule has 0 spiro atoms. The van der Waals surface area contributed by atoms with Gasteiger partial charge in [0.2, 0.25) is 0 Å². The Morgan fingerprint density at radius 2 is 1.85 bits per heavy atom. The Hall–Kier alpha value is -0.960. The summed E-state index contributed by atoms with van der Waals surface area (Å²) in [6.45, 7) is 6.60. The van der Waals surface area contributed by atoms with Gasteiger partial charge in [-0.1, -0.05) is 20.8 Å². The lowest BCUT2D eigenvalue weighted by molar-refractivity contribution is 0.607. The van der Waals surface area contributed by atoms with Gasteiger partial charge >= 0.3 is 0 Å². The lowest BCUT2D eigenvalue weighted by Crippen LogP contribution is -2.09. The Bertz CT molecular complexity index is 426. The van der Waals surface area contributed by atoms with Crippen LogP contribution < -0.4 is 0 Å². The van der Waals surface area contributed by atoms with E-state index in [0.29, 0.717) is 0 Å². The van der Waals surface area contributed by atoms with Crippen molar-refractivity contribution in [2.75, 3.05) is 0 Å². The highest BCUT2D eigenvalue weighted by Gasteiger charge is 2.19. The van der Waals surface area contributed by atoms with Crippen LogP contribution in [-0.4, -0.2) is 9.97 Å². The summed E-state index contributed by atoms with van der Waals surface area (Å²) in [6.07, 6.45) is 3.49. The molecular weight excluding hydrogens is 180 g/mol. The predicted molar refractivity (Wildman–Crippen MR) is 56.1 cm³/mol. The number of fused-ring (bicyclic) bond motifs is 1. The van der Waals surface area contributed by atoms with Crippen molar-refractivity contribution in [2.24, 2.45) is 0 Å². The van der Waals surface area contributed by atoms with Gasteiger partial charge in [-0.25, -0.2) is 0 Å². The van der Waals surface area contributed by atoms with Crippen LogP contribution >= 0.6 is 11.3 Å². The molecule has 0 atom stereocenters. The van der Waals surface area contributed by atoms with Gasteiger partial charge in [-0.15, -0.1) is 11.3 Å². The van der Waals surface area contributed by atoms with Gasteiger partial charge < -0.3 is 0 Å². The molecule has 0 unspecified atom stereocenters. The minimum absolute atomic E-state index is 0.169. The molecule has 2 rings (SSSR count). The summed E-state index contributed by atoms with van der Waals surface area (Å²) in [6, 6.07) is 0. The van der Waals surface area contributed by atoms with E-state index in [9.17, 15) is 0 Å². The van der Waals surface area contributed by atoms with Crippen molar-refractivity contribution in [3.8, 4) is 0 Å². The van der Waals surface area contributed by atoms with Crippen molar-refractivity contribution in [3.05, 3.63) is 22.7 Å². The van der Waals surface area contributed by atoms with E-state index in [1.165, 1.54) is 4.88 Å². The van der Waals surface area contributed by atoms with Crippen LogP contribution in [0.1, 0.15) is 25.6 Å². The van der Waals surface area contributed by atoms with Crippen molar-refractivity contribution in [1.82, 2.24) is 9.97 Å². The van der Waals surface area contributed by atoms with Crippen LogP contribution in [0.2, 0.25) is 0 Å². The first-order valence-corrected chi connectivity index (χ1v) is 5.16. The highest BCUT2D eigenvalue weighted by Crippen LogP contribution is 2.32. The second kappa shape index (κ2) is 2.77. The molecule has 0 fully saturated rings. The topological polar surface area (TPSA) is 25.8 Å². The summed E-state index contributed by atoms with van der Waals surface area (Å²) >= 11 is 1.74. The summed E-state index contributed by atoms with van der Waals surface area (Å²) in [5.41, 5.74) is 2.24. The Balaban J connectivity index is 2.72. The van der Waals surface area contributed by atoms with Gasteiger partial charge in [-0.05, 0) is 5.41 Å². The molecule has 0 aromatic carbocycles. The second-order valence-electron chi connectivity index (χ2n) is 4.11. The van der Waals surface area contributed by atoms with Gasteiger partial charge in [-0.2, -0.15) is 0 Å². The molecule has 3 heteroatoms. The molecule has 0 amide bonds. The van der Waals surface area contributed by atoms with Crippen molar-refractivity contribution < 1.29 is 0 Å². The smallest absolute Gasteiger partial charge is 0.103 e. The number of hydrogen-bond donors (Lipinski definition) is 0. The maximum Gasteiger partial charge on any atom is 0.103 e. The average Bonchev–Trinajstić information content (AvgIpc) is 2.45. The largest absolute Gasteiger partial charge is 0.252 e. The second-order valence-corrected chi connectivity index (χ2v) is 4.98. The molecule has 2 aromatic heterocycles. The van der Waals surface area contributed by atoms with Crippen molar-refractivity contribution in [3.63, 3.8) is 0 Å². The SMILES string of the molecule is CC(C)(C)c1scc2nccnc12. The molecule has 2 heterocycles. The van der Waals surface area contributed by atoms with Gasteiger partial charge in [0.05, 0.1) is 5.52 Å². The molecule has 0 radical (unpaired) electrons. The predicted octanol–water partition coefficient (Wildman–Crippen LogP) is 2.99. The Kier molecular flexibility index (Phi) is 1.84. The van der Waals surface area contributed by atoms with Crippen LogP contribution in [0.3, 0.4) is 0 Å². The molecule has 0 aliphatic heterocycles. The fourth-order valence-electron chi connectivity index (χ4n) is 1.31. The molecule has 68 valence electrons. The highest BCUT2D eigenvalue weighted by molar-refractivity contribution is 7.11. The van der Waals surface area contributed by atoms with Crippen LogP contribution in [0.15, 0.2) is 17.8 Å². The van der Waals surface area contributed by atoms with E-state index in [1.54, 1.807) is 23.7 Å². The zero-order chi connectivity index (χ0) is 9.47. The van der Waals surface area contributed by atoms with Crippen molar-refractivity contribution in [1.29, 1.82) is 0 Å². The average molecular weight is 192 g/mol. The fraction of sp³-hybridized carbons (Fsp3) is 0.400. The first kappa shape index (κ1) is 8.63. The summed E-state index contributed by atoms with van der Waals surface area (Å²) in [5, 5.41) is 2.07. The number of aromatic nitrogens is 2. The first-order valence-electron chi connectivity index (χ1n) is 4.28. The summed E-state index contributed by atoms with van der Waals surface area (Å²) in [4.78, 5) is 9.93. The monoisotopic (exact) mass is 192 g/mol. The zero-order valence-electron chi connectivity index (χ0n) is 8.03. The van der Waals surface area contributed by atoms with E-state index >= 15 is 0 Å².